The number of nitrogens with two attached hydrogens (primary N) is 1. The molecular weight excluding hydrogens is 480 g/mol. The first kappa shape index (κ1) is 24.7. The molecule has 2 aromatic heterocycles. The number of benzene rings is 4. The molecule has 39 heavy (non-hydrogen) atoms. The van der Waals surface area contributed by atoms with Gasteiger partial charge < -0.3 is 15.6 Å². The summed E-state index contributed by atoms with van der Waals surface area (Å²) in [6.07, 6.45) is 2.93. The van der Waals surface area contributed by atoms with Crippen LogP contribution in [0.1, 0.15) is 37.6 Å². The number of pyridine rings is 1. The Kier molecular flexibility index (Phi) is 6.07. The van der Waals surface area contributed by atoms with Crippen LogP contribution in [0.15, 0.2) is 97.2 Å². The van der Waals surface area contributed by atoms with Crippen molar-refractivity contribution in [1.29, 1.82) is 0 Å². The molecule has 1 amide bonds. The van der Waals surface area contributed by atoms with Gasteiger partial charge in [-0.05, 0) is 59.9 Å². The summed E-state index contributed by atoms with van der Waals surface area (Å²) < 4.78 is 2.27. The molecular formula is C34H32N4O. The molecule has 0 saturated carbocycles. The Morgan fingerprint density at radius 3 is 2.49 bits per heavy atom. The zero-order valence-corrected chi connectivity index (χ0v) is 22.5. The number of nitrogens with one attached hydrogen (secondary N) is 1. The van der Waals surface area contributed by atoms with Gasteiger partial charge in [0.05, 0.1) is 22.1 Å². The fourth-order valence-electron chi connectivity index (χ4n) is 5.36. The van der Waals surface area contributed by atoms with E-state index in [1.54, 1.807) is 0 Å². The highest BCUT2D eigenvalue weighted by Gasteiger charge is 2.18. The fraction of sp³-hybridized carbons (Fsp3) is 0.176. The third-order valence-corrected chi connectivity index (χ3v) is 7.32. The number of aromatic nitrogens is 2. The summed E-state index contributed by atoms with van der Waals surface area (Å²) in [6.45, 7) is 7.38. The number of hydrogen-bond donors (Lipinski definition) is 2. The zero-order valence-electron chi connectivity index (χ0n) is 22.5. The predicted octanol–water partition coefficient (Wildman–Crippen LogP) is 7.95. The van der Waals surface area contributed by atoms with Crippen LogP contribution in [0.5, 0.6) is 0 Å². The molecule has 0 saturated heterocycles. The number of rotatable bonds is 6. The van der Waals surface area contributed by atoms with E-state index in [1.807, 2.05) is 42.6 Å². The van der Waals surface area contributed by atoms with Crippen molar-refractivity contribution in [3.8, 4) is 16.8 Å². The topological polar surface area (TPSA) is 72.9 Å². The lowest BCUT2D eigenvalue weighted by Gasteiger charge is -2.20. The molecule has 0 aliphatic carbocycles. The van der Waals surface area contributed by atoms with E-state index in [9.17, 15) is 4.79 Å². The van der Waals surface area contributed by atoms with Crippen LogP contribution in [-0.4, -0.2) is 22.0 Å². The van der Waals surface area contributed by atoms with Crippen molar-refractivity contribution in [2.45, 2.75) is 27.2 Å². The molecule has 5 nitrogen and oxygen atoms in total. The SMILES string of the molecule is CC(C)(C)CCNc1cc(-n2c3ccccc3c3c(-c4cnc5ccccc5c4)cccc32)ccc1C(N)=O. The lowest BCUT2D eigenvalue weighted by atomic mass is 9.92. The molecule has 0 aliphatic rings. The van der Waals surface area contributed by atoms with Crippen molar-refractivity contribution >= 4 is 44.3 Å². The summed E-state index contributed by atoms with van der Waals surface area (Å²) >= 11 is 0. The van der Waals surface area contributed by atoms with Crippen LogP contribution in [0, 0.1) is 5.41 Å². The van der Waals surface area contributed by atoms with Gasteiger partial charge in [-0.25, -0.2) is 0 Å². The van der Waals surface area contributed by atoms with E-state index in [2.05, 4.69) is 85.3 Å². The highest BCUT2D eigenvalue weighted by Crippen LogP contribution is 2.39. The Bertz CT molecular complexity index is 1860. The molecule has 0 fully saturated rings. The molecule has 3 N–H and O–H groups in total. The van der Waals surface area contributed by atoms with E-state index < -0.39 is 5.91 Å². The van der Waals surface area contributed by atoms with Crippen molar-refractivity contribution in [3.05, 3.63) is 103 Å². The molecule has 5 heteroatoms. The average molecular weight is 513 g/mol. The first-order valence-electron chi connectivity index (χ1n) is 13.4. The first-order valence-corrected chi connectivity index (χ1v) is 13.4. The lowest BCUT2D eigenvalue weighted by Crippen LogP contribution is -2.17. The molecule has 0 bridgehead atoms. The Balaban J connectivity index is 1.55. The Hall–Kier alpha value is -4.64. The zero-order chi connectivity index (χ0) is 27.1. The third kappa shape index (κ3) is 4.61. The van der Waals surface area contributed by atoms with Crippen LogP contribution in [-0.2, 0) is 0 Å². The van der Waals surface area contributed by atoms with Gasteiger partial charge in [0.25, 0.3) is 5.91 Å². The number of carbonyl (C=O) groups excluding carboxylic acids is 1. The summed E-state index contributed by atoms with van der Waals surface area (Å²) in [5, 5.41) is 6.93. The molecule has 194 valence electrons. The Morgan fingerprint density at radius 1 is 0.897 bits per heavy atom. The Morgan fingerprint density at radius 2 is 1.67 bits per heavy atom. The molecule has 0 aliphatic heterocycles. The number of amides is 1. The molecule has 6 aromatic rings. The van der Waals surface area contributed by atoms with Crippen molar-refractivity contribution < 1.29 is 4.79 Å². The lowest BCUT2D eigenvalue weighted by molar-refractivity contribution is 0.100. The number of nitrogens with zero attached hydrogens (tertiary/aromatic N) is 2. The number of carbonyl (C=O) groups is 1. The molecule has 0 unspecified atom stereocenters. The van der Waals surface area contributed by atoms with E-state index in [4.69, 9.17) is 10.7 Å². The monoisotopic (exact) mass is 512 g/mol. The van der Waals surface area contributed by atoms with Crippen molar-refractivity contribution in [1.82, 2.24) is 9.55 Å². The highest BCUT2D eigenvalue weighted by atomic mass is 16.1. The van der Waals surface area contributed by atoms with E-state index in [0.717, 1.165) is 62.8 Å². The van der Waals surface area contributed by atoms with Gasteiger partial charge in [0.15, 0.2) is 0 Å². The molecule has 4 aromatic carbocycles. The molecule has 0 atom stereocenters. The van der Waals surface area contributed by atoms with Crippen LogP contribution in [0.3, 0.4) is 0 Å². The van der Waals surface area contributed by atoms with Crippen LogP contribution >= 0.6 is 0 Å². The standard InChI is InChI=1S/C34H32N4O/c1-34(2,3)17-18-36-29-20-24(15-16-26(29)33(35)39)38-30-13-7-5-10-27(30)32-25(11-8-14-31(32)38)23-19-22-9-4-6-12-28(22)37-21-23/h4-16,19-21,36H,17-18H2,1-3H3,(H2,35,39). The van der Waals surface area contributed by atoms with E-state index in [0.29, 0.717) is 5.56 Å². The molecule has 2 heterocycles. The van der Waals surface area contributed by atoms with Crippen molar-refractivity contribution in [2.24, 2.45) is 11.1 Å². The fourth-order valence-corrected chi connectivity index (χ4v) is 5.36. The van der Waals surface area contributed by atoms with E-state index >= 15 is 0 Å². The largest absolute Gasteiger partial charge is 0.384 e. The summed E-state index contributed by atoms with van der Waals surface area (Å²) in [6, 6.07) is 31.1. The van der Waals surface area contributed by atoms with Gasteiger partial charge in [-0.15, -0.1) is 0 Å². The minimum absolute atomic E-state index is 0.179. The van der Waals surface area contributed by atoms with Crippen LogP contribution in [0.4, 0.5) is 5.69 Å². The second-order valence-corrected chi connectivity index (χ2v) is 11.3. The number of hydrogen-bond acceptors (Lipinski definition) is 3. The minimum atomic E-state index is -0.437. The van der Waals surface area contributed by atoms with E-state index in [1.165, 1.54) is 5.39 Å². The minimum Gasteiger partial charge on any atom is -0.384 e. The predicted molar refractivity (Wildman–Crippen MR) is 163 cm³/mol. The maximum absolute atomic E-state index is 12.3. The summed E-state index contributed by atoms with van der Waals surface area (Å²) in [7, 11) is 0. The second kappa shape index (κ2) is 9.59. The van der Waals surface area contributed by atoms with Crippen molar-refractivity contribution in [3.63, 3.8) is 0 Å². The van der Waals surface area contributed by atoms with Gasteiger partial charge >= 0.3 is 0 Å². The average Bonchev–Trinajstić information content (AvgIpc) is 3.26. The smallest absolute Gasteiger partial charge is 0.250 e. The van der Waals surface area contributed by atoms with E-state index in [-0.39, 0.29) is 5.41 Å². The molecule has 0 radical (unpaired) electrons. The van der Waals surface area contributed by atoms with Gasteiger partial charge in [-0.3, -0.25) is 9.78 Å². The highest BCUT2D eigenvalue weighted by molar-refractivity contribution is 6.16. The number of anilines is 1. The second-order valence-electron chi connectivity index (χ2n) is 11.3. The van der Waals surface area contributed by atoms with Gasteiger partial charge in [0.1, 0.15) is 0 Å². The maximum Gasteiger partial charge on any atom is 0.250 e. The number of para-hydroxylation sites is 2. The summed E-state index contributed by atoms with van der Waals surface area (Å²) in [5.41, 5.74) is 13.5. The van der Waals surface area contributed by atoms with Crippen LogP contribution in [0.2, 0.25) is 0 Å². The first-order chi connectivity index (χ1) is 18.8. The maximum atomic E-state index is 12.3. The summed E-state index contributed by atoms with van der Waals surface area (Å²) in [5.74, 6) is -0.437. The number of primary amides is 1. The number of fused-ring (bicyclic) bond motifs is 4. The van der Waals surface area contributed by atoms with Gasteiger partial charge in [-0.2, -0.15) is 0 Å². The van der Waals surface area contributed by atoms with Crippen LogP contribution < -0.4 is 11.1 Å². The molecule has 0 spiro atoms. The quantitative estimate of drug-likeness (QED) is 0.238. The van der Waals surface area contributed by atoms with Gasteiger partial charge in [-0.1, -0.05) is 69.3 Å². The van der Waals surface area contributed by atoms with Gasteiger partial charge in [0, 0.05) is 45.8 Å². The normalized spacial score (nSPS) is 11.9. The summed E-state index contributed by atoms with van der Waals surface area (Å²) in [4.78, 5) is 17.0. The molecule has 6 rings (SSSR count). The van der Waals surface area contributed by atoms with Crippen molar-refractivity contribution in [2.75, 3.05) is 11.9 Å². The van der Waals surface area contributed by atoms with Gasteiger partial charge in [0.2, 0.25) is 0 Å². The third-order valence-electron chi connectivity index (χ3n) is 7.32. The van der Waals surface area contributed by atoms with Crippen LogP contribution in [0.25, 0.3) is 49.5 Å². The Labute approximate surface area is 228 Å².